The molecular weight excluding hydrogens is 240 g/mol. The van der Waals surface area contributed by atoms with Gasteiger partial charge in [-0.25, -0.2) is 0 Å². The summed E-state index contributed by atoms with van der Waals surface area (Å²) in [5, 5.41) is 19.7. The summed E-state index contributed by atoms with van der Waals surface area (Å²) < 4.78 is 0. The van der Waals surface area contributed by atoms with E-state index in [4.69, 9.17) is 11.5 Å². The predicted octanol–water partition coefficient (Wildman–Crippen LogP) is 0.783. The number of nitrogens with two attached hydrogens (primary N) is 2. The monoisotopic (exact) mass is 264 g/mol. The summed E-state index contributed by atoms with van der Waals surface area (Å²) in [5.74, 6) is 0.374. The number of rotatable bonds is 4. The van der Waals surface area contributed by atoms with Crippen LogP contribution in [0.2, 0.25) is 0 Å². The van der Waals surface area contributed by atoms with Crippen LogP contribution >= 0.6 is 0 Å². The number of aliphatic hydroxyl groups is 2. The minimum absolute atomic E-state index is 0.0740. The van der Waals surface area contributed by atoms with E-state index in [-0.39, 0.29) is 30.5 Å². The highest BCUT2D eigenvalue weighted by Crippen LogP contribution is 2.33. The van der Waals surface area contributed by atoms with Gasteiger partial charge in [0, 0.05) is 18.7 Å². The van der Waals surface area contributed by atoms with Crippen molar-refractivity contribution in [2.45, 2.75) is 37.5 Å². The first kappa shape index (κ1) is 14.5. The molecule has 0 radical (unpaired) electrons. The zero-order valence-electron chi connectivity index (χ0n) is 11.2. The quantitative estimate of drug-likeness (QED) is 0.647. The Morgan fingerprint density at radius 2 is 1.84 bits per heavy atom. The van der Waals surface area contributed by atoms with Gasteiger partial charge in [0.05, 0.1) is 6.10 Å². The van der Waals surface area contributed by atoms with Gasteiger partial charge >= 0.3 is 0 Å². The van der Waals surface area contributed by atoms with Crippen LogP contribution in [0.4, 0.5) is 0 Å². The van der Waals surface area contributed by atoms with E-state index in [1.54, 1.807) is 0 Å². The molecule has 6 N–H and O–H groups in total. The molecule has 4 nitrogen and oxygen atoms in total. The number of benzene rings is 1. The fraction of sp³-hybridized carbons (Fsp3) is 0.600. The van der Waals surface area contributed by atoms with Crippen LogP contribution in [-0.4, -0.2) is 28.9 Å². The highest BCUT2D eigenvalue weighted by atomic mass is 16.3. The molecule has 1 saturated carbocycles. The second kappa shape index (κ2) is 6.48. The molecule has 4 heteroatoms. The molecule has 0 aromatic heterocycles. The summed E-state index contributed by atoms with van der Waals surface area (Å²) in [6.07, 6.45) is 1.84. The number of hydrogen-bond donors (Lipinski definition) is 4. The molecule has 19 heavy (non-hydrogen) atoms. The van der Waals surface area contributed by atoms with Gasteiger partial charge in [-0.2, -0.15) is 0 Å². The van der Waals surface area contributed by atoms with E-state index in [2.05, 4.69) is 0 Å². The average Bonchev–Trinajstić information content (AvgIpc) is 2.46. The maximum absolute atomic E-state index is 10.4. The van der Waals surface area contributed by atoms with Crippen LogP contribution in [0.3, 0.4) is 0 Å². The molecule has 1 aliphatic carbocycles. The first-order valence-electron chi connectivity index (χ1n) is 6.96. The molecule has 1 fully saturated rings. The second-order valence-electron chi connectivity index (χ2n) is 5.71. The standard InChI is InChI=1S/C15H24N2O2/c16-13-7-10(9-18)6-12(8-13)14(17)15(19)11-4-2-1-3-5-11/h1-5,10,12-15,18-19H,6-9,16-17H2. The van der Waals surface area contributed by atoms with Crippen molar-refractivity contribution in [2.24, 2.45) is 23.3 Å². The Labute approximate surface area is 114 Å². The number of hydrogen-bond acceptors (Lipinski definition) is 4. The van der Waals surface area contributed by atoms with Gasteiger partial charge in [0.15, 0.2) is 0 Å². The van der Waals surface area contributed by atoms with E-state index in [1.165, 1.54) is 0 Å². The summed E-state index contributed by atoms with van der Waals surface area (Å²) in [5.41, 5.74) is 13.1. The Morgan fingerprint density at radius 3 is 2.47 bits per heavy atom. The molecule has 1 aliphatic rings. The zero-order valence-corrected chi connectivity index (χ0v) is 11.2. The lowest BCUT2D eigenvalue weighted by atomic mass is 9.74. The van der Waals surface area contributed by atoms with Crippen LogP contribution in [0.5, 0.6) is 0 Å². The molecule has 5 unspecified atom stereocenters. The van der Waals surface area contributed by atoms with E-state index in [0.29, 0.717) is 0 Å². The molecule has 106 valence electrons. The highest BCUT2D eigenvalue weighted by molar-refractivity contribution is 5.19. The van der Waals surface area contributed by atoms with Crippen molar-refractivity contribution >= 4 is 0 Å². The van der Waals surface area contributed by atoms with E-state index < -0.39 is 6.10 Å². The first-order chi connectivity index (χ1) is 9.11. The maximum Gasteiger partial charge on any atom is 0.0943 e. The molecule has 0 aliphatic heterocycles. The average molecular weight is 264 g/mol. The van der Waals surface area contributed by atoms with E-state index >= 15 is 0 Å². The van der Waals surface area contributed by atoms with Gasteiger partial charge in [-0.3, -0.25) is 0 Å². The largest absolute Gasteiger partial charge is 0.396 e. The van der Waals surface area contributed by atoms with Crippen molar-refractivity contribution in [1.29, 1.82) is 0 Å². The Balaban J connectivity index is 2.04. The third kappa shape index (κ3) is 3.54. The lowest BCUT2D eigenvalue weighted by molar-refractivity contribution is 0.0745. The summed E-state index contributed by atoms with van der Waals surface area (Å²) in [7, 11) is 0. The van der Waals surface area contributed by atoms with E-state index in [9.17, 15) is 10.2 Å². The van der Waals surface area contributed by atoms with Crippen LogP contribution in [0.15, 0.2) is 30.3 Å². The van der Waals surface area contributed by atoms with Gasteiger partial charge in [0.2, 0.25) is 0 Å². The minimum atomic E-state index is -0.671. The smallest absolute Gasteiger partial charge is 0.0943 e. The minimum Gasteiger partial charge on any atom is -0.396 e. The van der Waals surface area contributed by atoms with Crippen molar-refractivity contribution in [2.75, 3.05) is 6.61 Å². The third-order valence-corrected chi connectivity index (χ3v) is 4.19. The second-order valence-corrected chi connectivity index (χ2v) is 5.71. The zero-order chi connectivity index (χ0) is 13.8. The van der Waals surface area contributed by atoms with E-state index in [0.717, 1.165) is 24.8 Å². The summed E-state index contributed by atoms with van der Waals surface area (Å²) >= 11 is 0. The topological polar surface area (TPSA) is 92.5 Å². The Morgan fingerprint density at radius 1 is 1.16 bits per heavy atom. The SMILES string of the molecule is NC1CC(CO)CC(C(N)C(O)c2ccccc2)C1. The summed E-state index contributed by atoms with van der Waals surface area (Å²) in [6.45, 7) is 0.151. The van der Waals surface area contributed by atoms with E-state index in [1.807, 2.05) is 30.3 Å². The fourth-order valence-corrected chi connectivity index (χ4v) is 3.13. The molecule has 0 spiro atoms. The van der Waals surface area contributed by atoms with Gasteiger partial charge in [-0.15, -0.1) is 0 Å². The molecule has 2 rings (SSSR count). The summed E-state index contributed by atoms with van der Waals surface area (Å²) in [6, 6.07) is 9.23. The van der Waals surface area contributed by atoms with Crippen LogP contribution in [0, 0.1) is 11.8 Å². The van der Waals surface area contributed by atoms with Crippen molar-refractivity contribution in [1.82, 2.24) is 0 Å². The molecule has 0 saturated heterocycles. The van der Waals surface area contributed by atoms with Crippen LogP contribution in [-0.2, 0) is 0 Å². The molecule has 0 heterocycles. The molecule has 5 atom stereocenters. The van der Waals surface area contributed by atoms with Crippen LogP contribution in [0.1, 0.15) is 30.9 Å². The molecule has 0 amide bonds. The van der Waals surface area contributed by atoms with Crippen molar-refractivity contribution < 1.29 is 10.2 Å². The molecular formula is C15H24N2O2. The fourth-order valence-electron chi connectivity index (χ4n) is 3.13. The van der Waals surface area contributed by atoms with Gasteiger partial charge in [0.25, 0.3) is 0 Å². The molecule has 1 aromatic rings. The van der Waals surface area contributed by atoms with Crippen molar-refractivity contribution in [3.05, 3.63) is 35.9 Å². The Bertz CT molecular complexity index is 385. The predicted molar refractivity (Wildman–Crippen MR) is 75.3 cm³/mol. The normalized spacial score (nSPS) is 30.8. The lowest BCUT2D eigenvalue weighted by Gasteiger charge is -2.37. The molecule has 0 bridgehead atoms. The van der Waals surface area contributed by atoms with Crippen LogP contribution < -0.4 is 11.5 Å². The van der Waals surface area contributed by atoms with Gasteiger partial charge in [-0.05, 0) is 36.7 Å². The van der Waals surface area contributed by atoms with Gasteiger partial charge < -0.3 is 21.7 Å². The van der Waals surface area contributed by atoms with Crippen molar-refractivity contribution in [3.8, 4) is 0 Å². The Kier molecular flexibility index (Phi) is 4.93. The Hall–Kier alpha value is -0.940. The van der Waals surface area contributed by atoms with Gasteiger partial charge in [0.1, 0.15) is 0 Å². The lowest BCUT2D eigenvalue weighted by Crippen LogP contribution is -2.44. The maximum atomic E-state index is 10.4. The summed E-state index contributed by atoms with van der Waals surface area (Å²) in [4.78, 5) is 0. The number of aliphatic hydroxyl groups excluding tert-OH is 2. The third-order valence-electron chi connectivity index (χ3n) is 4.19. The van der Waals surface area contributed by atoms with Crippen molar-refractivity contribution in [3.63, 3.8) is 0 Å². The molecule has 1 aromatic carbocycles. The van der Waals surface area contributed by atoms with Crippen LogP contribution in [0.25, 0.3) is 0 Å². The van der Waals surface area contributed by atoms with Gasteiger partial charge in [-0.1, -0.05) is 30.3 Å². The highest BCUT2D eigenvalue weighted by Gasteiger charge is 2.33. The first-order valence-corrected chi connectivity index (χ1v) is 6.96.